The largest absolute Gasteiger partial charge is 0.493 e. The van der Waals surface area contributed by atoms with Crippen molar-refractivity contribution in [3.8, 4) is 11.5 Å². The standard InChI is InChI=1S/C12H15BrO3/c1-12(2,3)16-11-9(13)5-8(7-14)6-10(11)15-4/h5-7H,1-4H3. The van der Waals surface area contributed by atoms with E-state index in [9.17, 15) is 4.79 Å². The van der Waals surface area contributed by atoms with Crippen molar-refractivity contribution in [2.45, 2.75) is 26.4 Å². The molecule has 0 heterocycles. The van der Waals surface area contributed by atoms with E-state index < -0.39 is 0 Å². The lowest BCUT2D eigenvalue weighted by Gasteiger charge is -2.23. The first-order valence-corrected chi connectivity index (χ1v) is 5.68. The topological polar surface area (TPSA) is 35.5 Å². The number of aldehydes is 1. The third kappa shape index (κ3) is 3.23. The molecule has 0 aliphatic rings. The van der Waals surface area contributed by atoms with E-state index in [0.29, 0.717) is 21.5 Å². The Hall–Kier alpha value is -1.03. The normalized spacial score (nSPS) is 11.1. The molecule has 0 bridgehead atoms. The fourth-order valence-corrected chi connectivity index (χ4v) is 1.75. The van der Waals surface area contributed by atoms with Crippen LogP contribution >= 0.6 is 15.9 Å². The lowest BCUT2D eigenvalue weighted by Crippen LogP contribution is -2.23. The van der Waals surface area contributed by atoms with Crippen LogP contribution in [-0.4, -0.2) is 19.0 Å². The molecule has 0 fully saturated rings. The zero-order chi connectivity index (χ0) is 12.3. The van der Waals surface area contributed by atoms with Crippen LogP contribution in [0, 0.1) is 0 Å². The van der Waals surface area contributed by atoms with E-state index in [2.05, 4.69) is 15.9 Å². The molecule has 16 heavy (non-hydrogen) atoms. The van der Waals surface area contributed by atoms with E-state index in [1.54, 1.807) is 19.2 Å². The summed E-state index contributed by atoms with van der Waals surface area (Å²) >= 11 is 3.37. The van der Waals surface area contributed by atoms with Crippen LogP contribution in [0.15, 0.2) is 16.6 Å². The van der Waals surface area contributed by atoms with Crippen LogP contribution in [0.1, 0.15) is 31.1 Å². The highest BCUT2D eigenvalue weighted by atomic mass is 79.9. The van der Waals surface area contributed by atoms with Gasteiger partial charge in [0.2, 0.25) is 0 Å². The number of ether oxygens (including phenoxy) is 2. The summed E-state index contributed by atoms with van der Waals surface area (Å²) < 4.78 is 11.7. The van der Waals surface area contributed by atoms with E-state index in [0.717, 1.165) is 6.29 Å². The van der Waals surface area contributed by atoms with Gasteiger partial charge < -0.3 is 9.47 Å². The van der Waals surface area contributed by atoms with Crippen molar-refractivity contribution in [2.75, 3.05) is 7.11 Å². The highest BCUT2D eigenvalue weighted by Crippen LogP contribution is 2.38. The Morgan fingerprint density at radius 2 is 1.94 bits per heavy atom. The summed E-state index contributed by atoms with van der Waals surface area (Å²) in [6.45, 7) is 5.85. The van der Waals surface area contributed by atoms with Crippen LogP contribution in [-0.2, 0) is 0 Å². The molecule has 0 saturated heterocycles. The number of carbonyl (C=O) groups is 1. The Balaban J connectivity index is 3.21. The van der Waals surface area contributed by atoms with Gasteiger partial charge >= 0.3 is 0 Å². The van der Waals surface area contributed by atoms with Gasteiger partial charge in [0, 0.05) is 5.56 Å². The average Bonchev–Trinajstić information content (AvgIpc) is 2.19. The minimum absolute atomic E-state index is 0.321. The summed E-state index contributed by atoms with van der Waals surface area (Å²) in [5.74, 6) is 1.16. The SMILES string of the molecule is COc1cc(C=O)cc(Br)c1OC(C)(C)C. The molecule has 0 amide bonds. The van der Waals surface area contributed by atoms with Crippen molar-refractivity contribution in [3.05, 3.63) is 22.2 Å². The van der Waals surface area contributed by atoms with Gasteiger partial charge in [-0.15, -0.1) is 0 Å². The third-order valence-corrected chi connectivity index (χ3v) is 2.39. The second-order valence-electron chi connectivity index (χ2n) is 4.37. The van der Waals surface area contributed by atoms with Gasteiger partial charge in [-0.1, -0.05) is 0 Å². The van der Waals surface area contributed by atoms with Gasteiger partial charge in [-0.3, -0.25) is 4.79 Å². The predicted octanol–water partition coefficient (Wildman–Crippen LogP) is 3.45. The Morgan fingerprint density at radius 3 is 2.38 bits per heavy atom. The van der Waals surface area contributed by atoms with Gasteiger partial charge in [0.1, 0.15) is 11.9 Å². The van der Waals surface area contributed by atoms with E-state index >= 15 is 0 Å². The number of halogens is 1. The number of benzene rings is 1. The summed E-state index contributed by atoms with van der Waals surface area (Å²) in [4.78, 5) is 10.7. The molecule has 0 aliphatic carbocycles. The van der Waals surface area contributed by atoms with Crippen LogP contribution in [0.5, 0.6) is 11.5 Å². The Bertz CT molecular complexity index is 394. The van der Waals surface area contributed by atoms with Crippen molar-refractivity contribution in [1.29, 1.82) is 0 Å². The number of hydrogen-bond donors (Lipinski definition) is 0. The Morgan fingerprint density at radius 1 is 1.31 bits per heavy atom. The molecule has 0 saturated carbocycles. The highest BCUT2D eigenvalue weighted by Gasteiger charge is 2.18. The quantitative estimate of drug-likeness (QED) is 0.799. The lowest BCUT2D eigenvalue weighted by molar-refractivity contribution is 0.112. The number of carbonyl (C=O) groups excluding carboxylic acids is 1. The first-order valence-electron chi connectivity index (χ1n) is 4.89. The minimum atomic E-state index is -0.321. The van der Waals surface area contributed by atoms with Crippen molar-refractivity contribution >= 4 is 22.2 Å². The van der Waals surface area contributed by atoms with Crippen molar-refractivity contribution in [2.24, 2.45) is 0 Å². The Kier molecular flexibility index (Phi) is 3.97. The van der Waals surface area contributed by atoms with Crippen molar-refractivity contribution in [3.63, 3.8) is 0 Å². The molecule has 88 valence electrons. The summed E-state index contributed by atoms with van der Waals surface area (Å²) in [6.07, 6.45) is 0.772. The fraction of sp³-hybridized carbons (Fsp3) is 0.417. The van der Waals surface area contributed by atoms with Gasteiger partial charge in [-0.05, 0) is 48.8 Å². The molecular formula is C12H15BrO3. The second kappa shape index (κ2) is 4.87. The first kappa shape index (κ1) is 13.0. The second-order valence-corrected chi connectivity index (χ2v) is 5.22. The van der Waals surface area contributed by atoms with Crippen LogP contribution in [0.4, 0.5) is 0 Å². The minimum Gasteiger partial charge on any atom is -0.493 e. The molecule has 1 rings (SSSR count). The maximum absolute atomic E-state index is 10.7. The van der Waals surface area contributed by atoms with E-state index in [-0.39, 0.29) is 5.60 Å². The van der Waals surface area contributed by atoms with Crippen LogP contribution < -0.4 is 9.47 Å². The van der Waals surface area contributed by atoms with Gasteiger partial charge in [-0.2, -0.15) is 0 Å². The fourth-order valence-electron chi connectivity index (χ4n) is 1.21. The van der Waals surface area contributed by atoms with Gasteiger partial charge in [0.15, 0.2) is 11.5 Å². The monoisotopic (exact) mass is 286 g/mol. The van der Waals surface area contributed by atoms with Gasteiger partial charge in [0.05, 0.1) is 11.6 Å². The zero-order valence-corrected chi connectivity index (χ0v) is 11.4. The average molecular weight is 287 g/mol. The predicted molar refractivity (Wildman–Crippen MR) is 66.5 cm³/mol. The van der Waals surface area contributed by atoms with Crippen LogP contribution in [0.2, 0.25) is 0 Å². The molecule has 0 radical (unpaired) electrons. The number of rotatable bonds is 3. The molecule has 0 atom stereocenters. The van der Waals surface area contributed by atoms with E-state index in [1.165, 1.54) is 0 Å². The van der Waals surface area contributed by atoms with Gasteiger partial charge in [-0.25, -0.2) is 0 Å². The molecule has 1 aromatic carbocycles. The molecule has 0 aliphatic heterocycles. The molecule has 1 aromatic rings. The van der Waals surface area contributed by atoms with Crippen LogP contribution in [0.3, 0.4) is 0 Å². The summed E-state index contributed by atoms with van der Waals surface area (Å²) in [5, 5.41) is 0. The van der Waals surface area contributed by atoms with Crippen LogP contribution in [0.25, 0.3) is 0 Å². The lowest BCUT2D eigenvalue weighted by atomic mass is 10.1. The number of hydrogen-bond acceptors (Lipinski definition) is 3. The highest BCUT2D eigenvalue weighted by molar-refractivity contribution is 9.10. The van der Waals surface area contributed by atoms with E-state index in [4.69, 9.17) is 9.47 Å². The van der Waals surface area contributed by atoms with Gasteiger partial charge in [0.25, 0.3) is 0 Å². The smallest absolute Gasteiger partial charge is 0.176 e. The summed E-state index contributed by atoms with van der Waals surface area (Å²) in [5.41, 5.74) is 0.225. The number of methoxy groups -OCH3 is 1. The molecule has 0 spiro atoms. The van der Waals surface area contributed by atoms with Crippen molar-refractivity contribution in [1.82, 2.24) is 0 Å². The first-order chi connectivity index (χ1) is 7.37. The summed E-state index contributed by atoms with van der Waals surface area (Å²) in [6, 6.07) is 3.36. The van der Waals surface area contributed by atoms with E-state index in [1.807, 2.05) is 20.8 Å². The molecule has 4 heteroatoms. The third-order valence-electron chi connectivity index (χ3n) is 1.80. The molecule has 0 aromatic heterocycles. The molecule has 0 N–H and O–H groups in total. The maximum Gasteiger partial charge on any atom is 0.176 e. The summed E-state index contributed by atoms with van der Waals surface area (Å²) in [7, 11) is 1.55. The zero-order valence-electron chi connectivity index (χ0n) is 9.83. The molecule has 3 nitrogen and oxygen atoms in total. The van der Waals surface area contributed by atoms with Crippen molar-refractivity contribution < 1.29 is 14.3 Å². The Labute approximate surface area is 104 Å². The maximum atomic E-state index is 10.7. The molecule has 0 unspecified atom stereocenters. The molecular weight excluding hydrogens is 272 g/mol.